The number of allylic oxidation sites excluding steroid dienone is 8. The van der Waals surface area contributed by atoms with Gasteiger partial charge in [0.1, 0.15) is 6.61 Å². The Bertz CT molecular complexity index is 1010. The minimum Gasteiger partial charge on any atom is -0.462 e. The Hall–Kier alpha value is -2.03. The predicted octanol–water partition coefficient (Wildman–Crippen LogP) is 11.9. The summed E-state index contributed by atoms with van der Waals surface area (Å²) in [6.45, 7) is 3.62. The molecule has 0 radical (unpaired) electrons. The van der Waals surface area contributed by atoms with Crippen molar-refractivity contribution in [2.75, 3.05) is 26.4 Å². The molecule has 0 aliphatic carbocycles. The SMILES string of the molecule is CCCCCCCC/C=C/C/C=C/C/C=C/CCCC(=O)OC[C@H](COP(=O)(O)OCCN)OC(=O)CC/C=C/CCCCCCCCCCCCC. The van der Waals surface area contributed by atoms with E-state index in [4.69, 9.17) is 24.3 Å². The Kier molecular flexibility index (Phi) is 38.1. The van der Waals surface area contributed by atoms with Crippen molar-refractivity contribution < 1.29 is 37.6 Å². The highest BCUT2D eigenvalue weighted by Gasteiger charge is 2.25. The molecule has 0 heterocycles. The van der Waals surface area contributed by atoms with Gasteiger partial charge in [-0.3, -0.25) is 18.6 Å². The summed E-state index contributed by atoms with van der Waals surface area (Å²) < 4.78 is 32.6. The highest BCUT2D eigenvalue weighted by molar-refractivity contribution is 7.47. The first-order valence-corrected chi connectivity index (χ1v) is 22.6. The standard InChI is InChI=1S/C43H78NO8P/c1-3-5-7-9-11-13-15-17-19-20-22-23-25-27-29-31-33-35-42(45)49-39-41(40-51-53(47,48)50-38-37-44)52-43(46)36-34-32-30-28-26-24-21-18-16-14-12-10-8-6-4-2/h17,19,22-23,27,29-30,32,41H,3-16,18,20-21,24-26,28,31,33-40,44H2,1-2H3,(H,47,48)/b19-17+,23-22+,29-27+,32-30+/t41-/m1/s1. The third-order valence-corrected chi connectivity index (χ3v) is 9.68. The lowest BCUT2D eigenvalue weighted by Crippen LogP contribution is -2.29. The molecule has 0 amide bonds. The van der Waals surface area contributed by atoms with Gasteiger partial charge in [0.05, 0.1) is 13.2 Å². The van der Waals surface area contributed by atoms with Crippen molar-refractivity contribution in [1.29, 1.82) is 0 Å². The van der Waals surface area contributed by atoms with Crippen LogP contribution >= 0.6 is 7.82 Å². The fourth-order valence-corrected chi connectivity index (χ4v) is 6.31. The van der Waals surface area contributed by atoms with Gasteiger partial charge in [-0.15, -0.1) is 0 Å². The van der Waals surface area contributed by atoms with E-state index in [1.807, 2.05) is 6.08 Å². The number of ether oxygens (including phenoxy) is 2. The second-order valence-corrected chi connectivity index (χ2v) is 15.3. The Balaban J connectivity index is 4.30. The maximum absolute atomic E-state index is 12.5. The van der Waals surface area contributed by atoms with E-state index in [2.05, 4.69) is 56.4 Å². The molecular formula is C43H78NO8P. The summed E-state index contributed by atoms with van der Waals surface area (Å²) in [5.74, 6) is -0.947. The molecule has 308 valence electrons. The Morgan fingerprint density at radius 1 is 0.566 bits per heavy atom. The van der Waals surface area contributed by atoms with Gasteiger partial charge in [0.25, 0.3) is 0 Å². The van der Waals surface area contributed by atoms with E-state index in [1.165, 1.54) is 103 Å². The smallest absolute Gasteiger partial charge is 0.462 e. The van der Waals surface area contributed by atoms with Gasteiger partial charge in [0, 0.05) is 19.4 Å². The molecule has 0 saturated heterocycles. The summed E-state index contributed by atoms with van der Waals surface area (Å²) in [7, 11) is -4.39. The normalized spacial score (nSPS) is 13.8. The fourth-order valence-electron chi connectivity index (χ4n) is 5.55. The third kappa shape index (κ3) is 39.5. The van der Waals surface area contributed by atoms with Crippen LogP contribution < -0.4 is 5.73 Å². The molecule has 9 nitrogen and oxygen atoms in total. The van der Waals surface area contributed by atoms with Gasteiger partial charge in [0.15, 0.2) is 6.10 Å². The van der Waals surface area contributed by atoms with Gasteiger partial charge in [-0.25, -0.2) is 4.57 Å². The molecule has 0 saturated carbocycles. The number of phosphoric ester groups is 1. The monoisotopic (exact) mass is 768 g/mol. The summed E-state index contributed by atoms with van der Waals surface area (Å²) in [5.41, 5.74) is 5.33. The first-order chi connectivity index (χ1) is 25.8. The van der Waals surface area contributed by atoms with Crippen LogP contribution in [0.3, 0.4) is 0 Å². The van der Waals surface area contributed by atoms with Crippen molar-refractivity contribution in [2.45, 2.75) is 187 Å². The van der Waals surface area contributed by atoms with E-state index in [0.717, 1.165) is 38.5 Å². The van der Waals surface area contributed by atoms with Crippen molar-refractivity contribution in [1.82, 2.24) is 0 Å². The van der Waals surface area contributed by atoms with Crippen LogP contribution in [0.15, 0.2) is 48.6 Å². The molecule has 0 aliphatic rings. The fraction of sp³-hybridized carbons (Fsp3) is 0.767. The number of phosphoric acid groups is 1. The zero-order valence-corrected chi connectivity index (χ0v) is 34.6. The molecule has 3 N–H and O–H groups in total. The Morgan fingerprint density at radius 3 is 1.55 bits per heavy atom. The first-order valence-electron chi connectivity index (χ1n) is 21.1. The average molecular weight is 768 g/mol. The van der Waals surface area contributed by atoms with Crippen LogP contribution in [0.5, 0.6) is 0 Å². The van der Waals surface area contributed by atoms with Gasteiger partial charge in [-0.05, 0) is 57.8 Å². The van der Waals surface area contributed by atoms with E-state index < -0.39 is 32.5 Å². The lowest BCUT2D eigenvalue weighted by atomic mass is 10.1. The third-order valence-electron chi connectivity index (χ3n) is 8.70. The second-order valence-electron chi connectivity index (χ2n) is 13.8. The molecule has 0 aliphatic heterocycles. The number of hydrogen-bond donors (Lipinski definition) is 2. The molecule has 53 heavy (non-hydrogen) atoms. The largest absolute Gasteiger partial charge is 0.472 e. The molecule has 0 aromatic rings. The molecule has 0 aromatic heterocycles. The van der Waals surface area contributed by atoms with Crippen molar-refractivity contribution >= 4 is 19.8 Å². The van der Waals surface area contributed by atoms with Crippen LogP contribution in [0.1, 0.15) is 181 Å². The topological polar surface area (TPSA) is 134 Å². The summed E-state index contributed by atoms with van der Waals surface area (Å²) in [5, 5.41) is 0. The second kappa shape index (κ2) is 39.7. The molecule has 0 aromatic carbocycles. The lowest BCUT2D eigenvalue weighted by molar-refractivity contribution is -0.161. The van der Waals surface area contributed by atoms with E-state index >= 15 is 0 Å². The summed E-state index contributed by atoms with van der Waals surface area (Å²) >= 11 is 0. The van der Waals surface area contributed by atoms with Crippen molar-refractivity contribution in [3.05, 3.63) is 48.6 Å². The number of unbranched alkanes of at least 4 members (excludes halogenated alkanes) is 18. The van der Waals surface area contributed by atoms with Crippen molar-refractivity contribution in [3.63, 3.8) is 0 Å². The zero-order valence-electron chi connectivity index (χ0n) is 33.7. The van der Waals surface area contributed by atoms with Gasteiger partial charge in [-0.1, -0.05) is 159 Å². The number of carbonyl (C=O) groups is 2. The van der Waals surface area contributed by atoms with Crippen LogP contribution in [0, 0.1) is 0 Å². The van der Waals surface area contributed by atoms with Crippen LogP contribution in [0.25, 0.3) is 0 Å². The summed E-state index contributed by atoms with van der Waals surface area (Å²) in [6.07, 6.45) is 44.5. The number of esters is 2. The van der Waals surface area contributed by atoms with Crippen LogP contribution in [0.2, 0.25) is 0 Å². The Labute approximate surface area is 324 Å². The van der Waals surface area contributed by atoms with Gasteiger partial charge < -0.3 is 20.1 Å². The van der Waals surface area contributed by atoms with Crippen LogP contribution in [-0.4, -0.2) is 49.3 Å². The predicted molar refractivity (Wildman–Crippen MR) is 220 cm³/mol. The number of rotatable bonds is 39. The molecule has 0 spiro atoms. The van der Waals surface area contributed by atoms with Gasteiger partial charge >= 0.3 is 19.8 Å². The summed E-state index contributed by atoms with van der Waals surface area (Å²) in [6, 6.07) is 0. The highest BCUT2D eigenvalue weighted by atomic mass is 31.2. The highest BCUT2D eigenvalue weighted by Crippen LogP contribution is 2.43. The van der Waals surface area contributed by atoms with Crippen molar-refractivity contribution in [3.8, 4) is 0 Å². The number of hydrogen-bond acceptors (Lipinski definition) is 8. The Morgan fingerprint density at radius 2 is 1.02 bits per heavy atom. The molecule has 2 atom stereocenters. The van der Waals surface area contributed by atoms with Crippen LogP contribution in [-0.2, 0) is 32.7 Å². The molecule has 0 rings (SSSR count). The van der Waals surface area contributed by atoms with E-state index in [0.29, 0.717) is 12.8 Å². The lowest BCUT2D eigenvalue weighted by Gasteiger charge is -2.19. The summed E-state index contributed by atoms with van der Waals surface area (Å²) in [4.78, 5) is 34.8. The van der Waals surface area contributed by atoms with Crippen molar-refractivity contribution in [2.24, 2.45) is 5.73 Å². The number of carbonyl (C=O) groups excluding carboxylic acids is 2. The molecule has 10 heteroatoms. The quantitative estimate of drug-likeness (QED) is 0.0271. The van der Waals surface area contributed by atoms with Gasteiger partial charge in [-0.2, -0.15) is 0 Å². The maximum Gasteiger partial charge on any atom is 0.472 e. The molecular weight excluding hydrogens is 689 g/mol. The molecule has 0 fully saturated rings. The number of nitrogens with two attached hydrogens (primary N) is 1. The molecule has 1 unspecified atom stereocenters. The zero-order chi connectivity index (χ0) is 38.9. The average Bonchev–Trinajstić information content (AvgIpc) is 3.14. The van der Waals surface area contributed by atoms with E-state index in [-0.39, 0.29) is 32.6 Å². The molecule has 0 bridgehead atoms. The van der Waals surface area contributed by atoms with Gasteiger partial charge in [0.2, 0.25) is 0 Å². The van der Waals surface area contributed by atoms with Crippen LogP contribution in [0.4, 0.5) is 0 Å². The first kappa shape index (κ1) is 51.0. The maximum atomic E-state index is 12.5. The minimum absolute atomic E-state index is 0.0413. The minimum atomic E-state index is -4.39. The van der Waals surface area contributed by atoms with E-state index in [9.17, 15) is 19.0 Å². The van der Waals surface area contributed by atoms with E-state index in [1.54, 1.807) is 0 Å².